The molecule has 0 saturated carbocycles. The third kappa shape index (κ3) is 5.95. The van der Waals surface area contributed by atoms with Crippen molar-refractivity contribution in [1.82, 2.24) is 5.32 Å². The van der Waals surface area contributed by atoms with E-state index < -0.39 is 6.10 Å². The lowest BCUT2D eigenvalue weighted by Gasteiger charge is -2.19. The number of nitrogens with one attached hydrogen (secondary N) is 2. The highest BCUT2D eigenvalue weighted by atomic mass is 35.5. The van der Waals surface area contributed by atoms with Crippen LogP contribution in [0.5, 0.6) is 5.75 Å². The largest absolute Gasteiger partial charge is 0.481 e. The quantitative estimate of drug-likeness (QED) is 0.680. The number of halogens is 1. The predicted molar refractivity (Wildman–Crippen MR) is 113 cm³/mol. The molecule has 0 unspecified atom stereocenters. The number of amides is 2. The van der Waals surface area contributed by atoms with Gasteiger partial charge in [-0.05, 0) is 55.7 Å². The van der Waals surface area contributed by atoms with Gasteiger partial charge in [-0.15, -0.1) is 0 Å². The molecule has 1 fully saturated rings. The van der Waals surface area contributed by atoms with E-state index in [1.807, 2.05) is 6.92 Å². The first-order chi connectivity index (χ1) is 14.1. The lowest BCUT2D eigenvalue weighted by atomic mass is 10.1. The first-order valence-electron chi connectivity index (χ1n) is 9.78. The van der Waals surface area contributed by atoms with Crippen molar-refractivity contribution < 1.29 is 19.1 Å². The Morgan fingerprint density at radius 1 is 1.21 bits per heavy atom. The third-order valence-corrected chi connectivity index (χ3v) is 4.95. The molecule has 2 atom stereocenters. The zero-order valence-corrected chi connectivity index (χ0v) is 17.1. The van der Waals surface area contributed by atoms with Gasteiger partial charge in [0.2, 0.25) is 0 Å². The molecule has 2 aromatic rings. The molecule has 7 heteroatoms. The van der Waals surface area contributed by atoms with Crippen LogP contribution in [0.1, 0.15) is 36.5 Å². The predicted octanol–water partition coefficient (Wildman–Crippen LogP) is 4.04. The molecular weight excluding hydrogens is 392 g/mol. The van der Waals surface area contributed by atoms with E-state index >= 15 is 0 Å². The summed E-state index contributed by atoms with van der Waals surface area (Å²) in [5.74, 6) is -0.0103. The summed E-state index contributed by atoms with van der Waals surface area (Å²) < 4.78 is 11.3. The van der Waals surface area contributed by atoms with Crippen molar-refractivity contribution in [3.05, 3.63) is 59.1 Å². The molecule has 0 radical (unpaired) electrons. The van der Waals surface area contributed by atoms with Crippen molar-refractivity contribution in [1.29, 1.82) is 0 Å². The van der Waals surface area contributed by atoms with Gasteiger partial charge in [-0.3, -0.25) is 9.59 Å². The second kappa shape index (κ2) is 10.3. The zero-order valence-electron chi connectivity index (χ0n) is 16.3. The summed E-state index contributed by atoms with van der Waals surface area (Å²) in [6.07, 6.45) is 1.79. The molecule has 3 rings (SSSR count). The first kappa shape index (κ1) is 21.1. The van der Waals surface area contributed by atoms with Crippen molar-refractivity contribution in [2.45, 2.75) is 38.4 Å². The molecule has 1 heterocycles. The highest BCUT2D eigenvalue weighted by molar-refractivity contribution is 6.30. The van der Waals surface area contributed by atoms with Crippen LogP contribution in [0.15, 0.2) is 48.5 Å². The standard InChI is InChI=1S/C22H25ClN2O4/c1-2-20(29-16-11-9-15(23)10-12-16)22(27)25-19-8-4-3-7-18(19)21(26)24-14-17-6-5-13-28-17/h3-4,7-12,17,20H,2,5-6,13-14H2,1H3,(H,24,26)(H,25,27)/t17-,20-/m1/s1. The van der Waals surface area contributed by atoms with Crippen LogP contribution in [0.4, 0.5) is 5.69 Å². The Bertz CT molecular complexity index is 835. The van der Waals surface area contributed by atoms with Crippen molar-refractivity contribution in [2.75, 3.05) is 18.5 Å². The van der Waals surface area contributed by atoms with Crippen LogP contribution in [-0.4, -0.2) is 37.2 Å². The molecule has 0 spiro atoms. The monoisotopic (exact) mass is 416 g/mol. The number of benzene rings is 2. The van der Waals surface area contributed by atoms with Gasteiger partial charge < -0.3 is 20.1 Å². The van der Waals surface area contributed by atoms with Gasteiger partial charge in [0.15, 0.2) is 6.10 Å². The van der Waals surface area contributed by atoms with Gasteiger partial charge in [-0.2, -0.15) is 0 Å². The Hall–Kier alpha value is -2.57. The molecule has 29 heavy (non-hydrogen) atoms. The molecule has 0 aliphatic carbocycles. The first-order valence-corrected chi connectivity index (χ1v) is 10.2. The van der Waals surface area contributed by atoms with Crippen molar-refractivity contribution in [3.63, 3.8) is 0 Å². The average Bonchev–Trinajstić information content (AvgIpc) is 3.25. The Kier molecular flexibility index (Phi) is 7.49. The van der Waals surface area contributed by atoms with Crippen molar-refractivity contribution >= 4 is 29.1 Å². The minimum absolute atomic E-state index is 0.0537. The van der Waals surface area contributed by atoms with Gasteiger partial charge in [0.05, 0.1) is 17.4 Å². The Labute approximate surface area is 175 Å². The third-order valence-electron chi connectivity index (χ3n) is 4.70. The number of ether oxygens (including phenoxy) is 2. The molecule has 0 aromatic heterocycles. The highest BCUT2D eigenvalue weighted by Crippen LogP contribution is 2.20. The molecule has 2 amide bonds. The lowest BCUT2D eigenvalue weighted by molar-refractivity contribution is -0.122. The van der Waals surface area contributed by atoms with Gasteiger partial charge in [-0.25, -0.2) is 0 Å². The number of hydrogen-bond acceptors (Lipinski definition) is 4. The molecule has 1 aliphatic rings. The highest BCUT2D eigenvalue weighted by Gasteiger charge is 2.22. The van der Waals surface area contributed by atoms with Crippen LogP contribution >= 0.6 is 11.6 Å². The summed E-state index contributed by atoms with van der Waals surface area (Å²) in [6.45, 7) is 3.05. The maximum absolute atomic E-state index is 12.7. The summed E-state index contributed by atoms with van der Waals surface area (Å²) in [6, 6.07) is 13.8. The summed E-state index contributed by atoms with van der Waals surface area (Å²) in [5, 5.41) is 6.30. The summed E-state index contributed by atoms with van der Waals surface area (Å²) in [5.41, 5.74) is 0.848. The Morgan fingerprint density at radius 2 is 1.97 bits per heavy atom. The fourth-order valence-electron chi connectivity index (χ4n) is 3.11. The summed E-state index contributed by atoms with van der Waals surface area (Å²) >= 11 is 5.89. The van der Waals surface area contributed by atoms with Gasteiger partial charge in [0, 0.05) is 18.2 Å². The normalized spacial score (nSPS) is 16.8. The van der Waals surface area contributed by atoms with Gasteiger partial charge in [-0.1, -0.05) is 30.7 Å². The molecule has 2 aromatic carbocycles. The minimum atomic E-state index is -0.695. The number of para-hydroxylation sites is 1. The smallest absolute Gasteiger partial charge is 0.265 e. The van der Waals surface area contributed by atoms with Crippen LogP contribution in [0.2, 0.25) is 5.02 Å². The van der Waals surface area contributed by atoms with Crippen LogP contribution in [0.25, 0.3) is 0 Å². The lowest BCUT2D eigenvalue weighted by Crippen LogP contribution is -2.35. The molecule has 154 valence electrons. The molecule has 2 N–H and O–H groups in total. The van der Waals surface area contributed by atoms with Crippen molar-refractivity contribution in [2.24, 2.45) is 0 Å². The molecule has 6 nitrogen and oxygen atoms in total. The molecule has 0 bridgehead atoms. The van der Waals surface area contributed by atoms with Crippen LogP contribution in [0, 0.1) is 0 Å². The van der Waals surface area contributed by atoms with Crippen LogP contribution in [-0.2, 0) is 9.53 Å². The molecular formula is C22H25ClN2O4. The summed E-state index contributed by atoms with van der Waals surface area (Å²) in [4.78, 5) is 25.3. The number of hydrogen-bond donors (Lipinski definition) is 2. The van der Waals surface area contributed by atoms with Crippen LogP contribution < -0.4 is 15.4 Å². The van der Waals surface area contributed by atoms with Gasteiger partial charge in [0.1, 0.15) is 5.75 Å². The average molecular weight is 417 g/mol. The minimum Gasteiger partial charge on any atom is -0.481 e. The van der Waals surface area contributed by atoms with Gasteiger partial charge in [0.25, 0.3) is 11.8 Å². The van der Waals surface area contributed by atoms with Crippen molar-refractivity contribution in [3.8, 4) is 5.75 Å². The fourth-order valence-corrected chi connectivity index (χ4v) is 3.24. The number of anilines is 1. The maximum Gasteiger partial charge on any atom is 0.265 e. The summed E-state index contributed by atoms with van der Waals surface area (Å²) in [7, 11) is 0. The van der Waals surface area contributed by atoms with E-state index in [1.54, 1.807) is 48.5 Å². The van der Waals surface area contributed by atoms with E-state index in [0.29, 0.717) is 35.0 Å². The van der Waals surface area contributed by atoms with E-state index in [-0.39, 0.29) is 17.9 Å². The topological polar surface area (TPSA) is 76.7 Å². The Morgan fingerprint density at radius 3 is 2.66 bits per heavy atom. The Balaban J connectivity index is 1.64. The second-order valence-corrected chi connectivity index (χ2v) is 7.28. The van der Waals surface area contributed by atoms with E-state index in [4.69, 9.17) is 21.1 Å². The van der Waals surface area contributed by atoms with E-state index in [2.05, 4.69) is 10.6 Å². The fraction of sp³-hybridized carbons (Fsp3) is 0.364. The zero-order chi connectivity index (χ0) is 20.6. The second-order valence-electron chi connectivity index (χ2n) is 6.85. The van der Waals surface area contributed by atoms with E-state index in [9.17, 15) is 9.59 Å². The SMILES string of the molecule is CC[C@@H](Oc1ccc(Cl)cc1)C(=O)Nc1ccccc1C(=O)NC[C@H]1CCCO1. The number of carbonyl (C=O) groups excluding carboxylic acids is 2. The molecule has 1 aliphatic heterocycles. The van der Waals surface area contributed by atoms with E-state index in [1.165, 1.54) is 0 Å². The maximum atomic E-state index is 12.7. The van der Waals surface area contributed by atoms with Crippen LogP contribution in [0.3, 0.4) is 0 Å². The van der Waals surface area contributed by atoms with Gasteiger partial charge >= 0.3 is 0 Å². The molecule has 1 saturated heterocycles. The van der Waals surface area contributed by atoms with E-state index in [0.717, 1.165) is 19.4 Å². The number of carbonyl (C=O) groups is 2. The number of rotatable bonds is 8.